The predicted molar refractivity (Wildman–Crippen MR) is 101 cm³/mol. The molecule has 0 spiro atoms. The van der Waals surface area contributed by atoms with E-state index < -0.39 is 0 Å². The van der Waals surface area contributed by atoms with E-state index in [-0.39, 0.29) is 12.6 Å². The van der Waals surface area contributed by atoms with Crippen molar-refractivity contribution in [1.82, 2.24) is 4.90 Å². The van der Waals surface area contributed by atoms with Gasteiger partial charge < -0.3 is 14.6 Å². The molecule has 0 bridgehead atoms. The van der Waals surface area contributed by atoms with Gasteiger partial charge in [-0.3, -0.25) is 4.90 Å². The molecule has 0 fully saturated rings. The Balaban J connectivity index is 2.20. The lowest BCUT2D eigenvalue weighted by Gasteiger charge is -2.30. The molecule has 1 atom stereocenters. The Bertz CT molecular complexity index is 657. The topological polar surface area (TPSA) is 41.9 Å². The second-order valence-corrected chi connectivity index (χ2v) is 5.92. The zero-order valence-corrected chi connectivity index (χ0v) is 15.0. The van der Waals surface area contributed by atoms with Crippen molar-refractivity contribution in [3.05, 3.63) is 72.3 Å². The maximum absolute atomic E-state index is 9.94. The maximum atomic E-state index is 9.94. The summed E-state index contributed by atoms with van der Waals surface area (Å²) in [4.78, 5) is 2.21. The largest absolute Gasteiger partial charge is 0.497 e. The van der Waals surface area contributed by atoms with Crippen LogP contribution in [0, 0.1) is 0 Å². The van der Waals surface area contributed by atoms with Gasteiger partial charge in [0.15, 0.2) is 0 Å². The fourth-order valence-electron chi connectivity index (χ4n) is 2.91. The van der Waals surface area contributed by atoms with Crippen LogP contribution in [0.15, 0.2) is 61.2 Å². The standard InChI is InChI=1S/C21H27NO3/c1-4-12-22(19(16-23)13-17-8-6-5-7-9-17)15-18-10-11-20(24-2)14-21(18)25-3/h4-11,14,19,23H,1,12-13,15-16H2,2-3H3. The van der Waals surface area contributed by atoms with E-state index in [4.69, 9.17) is 9.47 Å². The molecule has 25 heavy (non-hydrogen) atoms. The molecule has 0 aliphatic rings. The fraction of sp³-hybridized carbons (Fsp3) is 0.333. The molecule has 1 N–H and O–H groups in total. The summed E-state index contributed by atoms with van der Waals surface area (Å²) in [5.74, 6) is 1.55. The molecule has 4 heteroatoms. The van der Waals surface area contributed by atoms with Gasteiger partial charge in [-0.25, -0.2) is 0 Å². The third kappa shape index (κ3) is 5.34. The Morgan fingerprint density at radius 2 is 1.88 bits per heavy atom. The summed E-state index contributed by atoms with van der Waals surface area (Å²) >= 11 is 0. The van der Waals surface area contributed by atoms with E-state index in [0.29, 0.717) is 13.1 Å². The first-order valence-corrected chi connectivity index (χ1v) is 8.42. The van der Waals surface area contributed by atoms with Gasteiger partial charge in [-0.2, -0.15) is 0 Å². The van der Waals surface area contributed by atoms with Crippen molar-refractivity contribution >= 4 is 0 Å². The van der Waals surface area contributed by atoms with Crippen molar-refractivity contribution in [3.63, 3.8) is 0 Å². The molecular formula is C21H27NO3. The van der Waals surface area contributed by atoms with E-state index in [9.17, 15) is 5.11 Å². The van der Waals surface area contributed by atoms with Crippen molar-refractivity contribution in [1.29, 1.82) is 0 Å². The Morgan fingerprint density at radius 3 is 2.48 bits per heavy atom. The highest BCUT2D eigenvalue weighted by atomic mass is 16.5. The molecule has 0 aliphatic heterocycles. The third-order valence-corrected chi connectivity index (χ3v) is 4.27. The summed E-state index contributed by atoms with van der Waals surface area (Å²) in [5.41, 5.74) is 2.26. The number of aliphatic hydroxyl groups excluding tert-OH is 1. The van der Waals surface area contributed by atoms with Gasteiger partial charge in [-0.1, -0.05) is 42.5 Å². The van der Waals surface area contributed by atoms with Gasteiger partial charge >= 0.3 is 0 Å². The number of benzene rings is 2. The molecule has 1 unspecified atom stereocenters. The van der Waals surface area contributed by atoms with Gasteiger partial charge in [-0.15, -0.1) is 6.58 Å². The molecule has 0 amide bonds. The van der Waals surface area contributed by atoms with Gasteiger partial charge in [0.05, 0.1) is 20.8 Å². The zero-order chi connectivity index (χ0) is 18.1. The van der Waals surface area contributed by atoms with Gasteiger partial charge in [0.1, 0.15) is 11.5 Å². The summed E-state index contributed by atoms with van der Waals surface area (Å²) in [5, 5.41) is 9.94. The average molecular weight is 341 g/mol. The summed E-state index contributed by atoms with van der Waals surface area (Å²) in [7, 11) is 3.30. The molecule has 0 heterocycles. The lowest BCUT2D eigenvalue weighted by molar-refractivity contribution is 0.126. The summed E-state index contributed by atoms with van der Waals surface area (Å²) in [6.45, 7) is 5.30. The van der Waals surface area contributed by atoms with Gasteiger partial charge in [-0.05, 0) is 18.1 Å². The maximum Gasteiger partial charge on any atom is 0.127 e. The Kier molecular flexibility index (Phi) is 7.51. The number of hydrogen-bond acceptors (Lipinski definition) is 4. The highest BCUT2D eigenvalue weighted by molar-refractivity contribution is 5.40. The van der Waals surface area contributed by atoms with E-state index in [1.807, 2.05) is 42.5 Å². The van der Waals surface area contributed by atoms with E-state index in [2.05, 4.69) is 23.6 Å². The van der Waals surface area contributed by atoms with Crippen LogP contribution in [0.3, 0.4) is 0 Å². The molecule has 2 aromatic carbocycles. The molecule has 0 radical (unpaired) electrons. The van der Waals surface area contributed by atoms with E-state index >= 15 is 0 Å². The van der Waals surface area contributed by atoms with Crippen LogP contribution >= 0.6 is 0 Å². The molecule has 0 saturated heterocycles. The fourth-order valence-corrected chi connectivity index (χ4v) is 2.91. The molecule has 0 saturated carbocycles. The van der Waals surface area contributed by atoms with Crippen LogP contribution < -0.4 is 9.47 Å². The SMILES string of the molecule is C=CCN(Cc1ccc(OC)cc1OC)C(CO)Cc1ccccc1. The van der Waals surface area contributed by atoms with Crippen LogP contribution in [-0.2, 0) is 13.0 Å². The summed E-state index contributed by atoms with van der Waals surface area (Å²) < 4.78 is 10.8. The highest BCUT2D eigenvalue weighted by Crippen LogP contribution is 2.26. The van der Waals surface area contributed by atoms with Crippen molar-refractivity contribution < 1.29 is 14.6 Å². The normalized spacial score (nSPS) is 12.0. The smallest absolute Gasteiger partial charge is 0.127 e. The predicted octanol–water partition coefficient (Wildman–Crippen LogP) is 3.30. The Labute approximate surface area is 150 Å². The lowest BCUT2D eigenvalue weighted by atomic mass is 10.0. The number of ether oxygens (including phenoxy) is 2. The summed E-state index contributed by atoms with van der Waals surface area (Å²) in [6.07, 6.45) is 2.65. The van der Waals surface area contributed by atoms with Crippen LogP contribution in [0.2, 0.25) is 0 Å². The quantitative estimate of drug-likeness (QED) is 0.673. The Hall–Kier alpha value is -2.30. The number of rotatable bonds is 10. The van der Waals surface area contributed by atoms with Crippen LogP contribution in [-0.4, -0.2) is 43.4 Å². The van der Waals surface area contributed by atoms with Gasteiger partial charge in [0.25, 0.3) is 0 Å². The first-order chi connectivity index (χ1) is 12.2. The van der Waals surface area contributed by atoms with Crippen LogP contribution in [0.25, 0.3) is 0 Å². The molecule has 134 valence electrons. The molecular weight excluding hydrogens is 314 g/mol. The zero-order valence-electron chi connectivity index (χ0n) is 15.0. The van der Waals surface area contributed by atoms with Crippen LogP contribution in [0.1, 0.15) is 11.1 Å². The van der Waals surface area contributed by atoms with E-state index in [0.717, 1.165) is 23.5 Å². The monoisotopic (exact) mass is 341 g/mol. The second-order valence-electron chi connectivity index (χ2n) is 5.92. The third-order valence-electron chi connectivity index (χ3n) is 4.27. The number of aliphatic hydroxyl groups is 1. The summed E-state index contributed by atoms with van der Waals surface area (Å²) in [6, 6.07) is 16.0. The number of nitrogens with zero attached hydrogens (tertiary/aromatic N) is 1. The highest BCUT2D eigenvalue weighted by Gasteiger charge is 2.19. The lowest BCUT2D eigenvalue weighted by Crippen LogP contribution is -2.39. The first-order valence-electron chi connectivity index (χ1n) is 8.42. The molecule has 0 aliphatic carbocycles. The second kappa shape index (κ2) is 9.87. The van der Waals surface area contributed by atoms with Crippen LogP contribution in [0.5, 0.6) is 11.5 Å². The number of methoxy groups -OCH3 is 2. The van der Waals surface area contributed by atoms with Gasteiger partial charge in [0.2, 0.25) is 0 Å². The molecule has 4 nitrogen and oxygen atoms in total. The Morgan fingerprint density at radius 1 is 1.12 bits per heavy atom. The van der Waals surface area contributed by atoms with E-state index in [1.165, 1.54) is 5.56 Å². The average Bonchev–Trinajstić information content (AvgIpc) is 2.66. The van der Waals surface area contributed by atoms with Gasteiger partial charge in [0, 0.05) is 30.8 Å². The van der Waals surface area contributed by atoms with Crippen molar-refractivity contribution in [3.8, 4) is 11.5 Å². The molecule has 0 aromatic heterocycles. The molecule has 2 rings (SSSR count). The van der Waals surface area contributed by atoms with Crippen LogP contribution in [0.4, 0.5) is 0 Å². The minimum Gasteiger partial charge on any atom is -0.497 e. The van der Waals surface area contributed by atoms with Crippen molar-refractivity contribution in [2.45, 2.75) is 19.0 Å². The van der Waals surface area contributed by atoms with E-state index in [1.54, 1.807) is 14.2 Å². The van der Waals surface area contributed by atoms with Crippen molar-refractivity contribution in [2.24, 2.45) is 0 Å². The van der Waals surface area contributed by atoms with Crippen molar-refractivity contribution in [2.75, 3.05) is 27.4 Å². The number of hydrogen-bond donors (Lipinski definition) is 1. The first kappa shape index (κ1) is 19.0. The molecule has 2 aromatic rings. The minimum absolute atomic E-state index is 0.00667. The minimum atomic E-state index is 0.00667.